The van der Waals surface area contributed by atoms with Gasteiger partial charge >= 0.3 is 0 Å². The molecular formula is C47H90N4O7. The minimum Gasteiger partial charge on any atom is -0.394 e. The zero-order chi connectivity index (χ0) is 42.7. The first-order valence-electron chi connectivity index (χ1n) is 24.1. The number of nitrogens with one attached hydrogen (secondary N) is 2. The van der Waals surface area contributed by atoms with Crippen LogP contribution in [0, 0.1) is 0 Å². The lowest BCUT2D eigenvalue weighted by atomic mass is 9.96. The molecule has 7 N–H and O–H groups in total. The Labute approximate surface area is 354 Å². The second-order valence-corrected chi connectivity index (χ2v) is 17.1. The van der Waals surface area contributed by atoms with Crippen molar-refractivity contribution in [3.05, 3.63) is 12.2 Å². The number of hydrogen-bond donors (Lipinski definition) is 6. The lowest BCUT2D eigenvalue weighted by Crippen LogP contribution is -2.72. The Morgan fingerprint density at radius 2 is 1.14 bits per heavy atom. The van der Waals surface area contributed by atoms with E-state index in [2.05, 4.69) is 36.6 Å². The van der Waals surface area contributed by atoms with Gasteiger partial charge in [-0.25, -0.2) is 0 Å². The van der Waals surface area contributed by atoms with Crippen LogP contribution in [-0.4, -0.2) is 87.8 Å². The maximum atomic E-state index is 14.1. The Bertz CT molecular complexity index is 1060. The summed E-state index contributed by atoms with van der Waals surface area (Å²) in [5.41, 5.74) is 5.46. The number of rotatable bonds is 38. The van der Waals surface area contributed by atoms with Crippen molar-refractivity contribution >= 4 is 17.7 Å². The minimum absolute atomic E-state index is 0.224. The van der Waals surface area contributed by atoms with E-state index in [-0.39, 0.29) is 31.8 Å². The zero-order valence-corrected chi connectivity index (χ0v) is 37.5. The van der Waals surface area contributed by atoms with Crippen LogP contribution < -0.4 is 16.4 Å². The van der Waals surface area contributed by atoms with Crippen LogP contribution in [0.2, 0.25) is 0 Å². The van der Waals surface area contributed by atoms with Gasteiger partial charge in [0.25, 0.3) is 0 Å². The Balaban J connectivity index is 2.76. The first-order valence-corrected chi connectivity index (χ1v) is 24.1. The van der Waals surface area contributed by atoms with E-state index in [0.29, 0.717) is 12.8 Å². The molecule has 1 aliphatic rings. The summed E-state index contributed by atoms with van der Waals surface area (Å²) in [6, 6.07) is -1.01. The van der Waals surface area contributed by atoms with Crippen LogP contribution in [0.1, 0.15) is 220 Å². The molecular weight excluding hydrogens is 733 g/mol. The molecule has 1 rings (SSSR count). The van der Waals surface area contributed by atoms with Gasteiger partial charge in [-0.3, -0.25) is 19.3 Å². The zero-order valence-electron chi connectivity index (χ0n) is 37.5. The van der Waals surface area contributed by atoms with Crippen molar-refractivity contribution in [2.75, 3.05) is 19.7 Å². The number of carbonyl (C=O) groups is 3. The Kier molecular flexibility index (Phi) is 33.2. The van der Waals surface area contributed by atoms with Gasteiger partial charge in [-0.2, -0.15) is 0 Å². The van der Waals surface area contributed by atoms with E-state index in [0.717, 1.165) is 57.8 Å². The molecule has 0 spiro atoms. The number of ether oxygens (including phenoxy) is 1. The fourth-order valence-corrected chi connectivity index (χ4v) is 7.96. The summed E-state index contributed by atoms with van der Waals surface area (Å²) in [4.78, 5) is 41.1. The van der Waals surface area contributed by atoms with E-state index >= 15 is 0 Å². The number of unbranched alkanes of at least 4 members (excludes halogenated alkanes) is 26. The van der Waals surface area contributed by atoms with E-state index in [4.69, 9.17) is 10.5 Å². The van der Waals surface area contributed by atoms with Crippen LogP contribution in [0.3, 0.4) is 0 Å². The Morgan fingerprint density at radius 1 is 0.707 bits per heavy atom. The van der Waals surface area contributed by atoms with Gasteiger partial charge in [-0.15, -0.1) is 0 Å². The lowest BCUT2D eigenvalue weighted by Gasteiger charge is -2.51. The van der Waals surface area contributed by atoms with Crippen LogP contribution in [0.15, 0.2) is 12.2 Å². The van der Waals surface area contributed by atoms with E-state index < -0.39 is 48.6 Å². The van der Waals surface area contributed by atoms with Gasteiger partial charge in [-0.05, 0) is 45.4 Å². The number of hydrogen-bond acceptors (Lipinski definition) is 8. The van der Waals surface area contributed by atoms with E-state index in [1.807, 2.05) is 0 Å². The highest BCUT2D eigenvalue weighted by Crippen LogP contribution is 2.33. The molecule has 1 heterocycles. The maximum Gasteiger partial charge on any atom is 0.245 e. The molecule has 0 aliphatic carbocycles. The molecule has 11 heteroatoms. The van der Waals surface area contributed by atoms with Crippen molar-refractivity contribution in [2.24, 2.45) is 5.73 Å². The molecule has 0 aromatic rings. The number of amides is 3. The molecule has 1 fully saturated rings. The van der Waals surface area contributed by atoms with Crippen molar-refractivity contribution in [2.45, 2.75) is 250 Å². The Hall–Kier alpha value is -2.05. The monoisotopic (exact) mass is 823 g/mol. The summed E-state index contributed by atoms with van der Waals surface area (Å²) >= 11 is 0. The van der Waals surface area contributed by atoms with Crippen molar-refractivity contribution in [3.63, 3.8) is 0 Å². The van der Waals surface area contributed by atoms with Gasteiger partial charge in [0, 0.05) is 19.4 Å². The number of aliphatic hydroxyl groups excluding tert-OH is 3. The van der Waals surface area contributed by atoms with Crippen LogP contribution in [0.25, 0.3) is 0 Å². The molecule has 0 aromatic heterocycles. The van der Waals surface area contributed by atoms with Crippen LogP contribution in [0.5, 0.6) is 0 Å². The summed E-state index contributed by atoms with van der Waals surface area (Å²) in [5, 5.41) is 37.1. The standard InChI is InChI=1S/C47H90N4O7/c1-4-6-8-10-12-14-16-18-20-22-24-26-28-30-32-34-36-51(44(55)35-33-31-29-27-25-23-21-19-17-15-13-11-9-7-5-2)47(37-41(53)45(56)42(39-52)58-47)50-46(57)40(3)49-43(54)38-48/h19,21,40-42,45,52-53,56H,4-18,20,22-39,48H2,1-3H3,(H,49,54)(H,50,57)/b21-19-/t40-,41+,42+,45-,47-/m0/s1. The maximum absolute atomic E-state index is 14.1. The second kappa shape index (κ2) is 35.7. The Morgan fingerprint density at radius 3 is 1.59 bits per heavy atom. The highest BCUT2D eigenvalue weighted by molar-refractivity contribution is 5.88. The fourth-order valence-electron chi connectivity index (χ4n) is 7.96. The van der Waals surface area contributed by atoms with Gasteiger partial charge in [0.2, 0.25) is 23.6 Å². The van der Waals surface area contributed by atoms with Gasteiger partial charge in [0.15, 0.2) is 0 Å². The molecule has 0 aromatic carbocycles. The molecule has 0 unspecified atom stereocenters. The van der Waals surface area contributed by atoms with E-state index in [9.17, 15) is 29.7 Å². The summed E-state index contributed by atoms with van der Waals surface area (Å²) < 4.78 is 6.22. The van der Waals surface area contributed by atoms with E-state index in [1.54, 1.807) is 0 Å². The summed E-state index contributed by atoms with van der Waals surface area (Å²) in [5.74, 6) is -3.19. The number of carbonyl (C=O) groups excluding carboxylic acids is 3. The van der Waals surface area contributed by atoms with Crippen molar-refractivity contribution < 1.29 is 34.4 Å². The number of nitrogens with two attached hydrogens (primary N) is 1. The number of allylic oxidation sites excluding steroid dienone is 2. The molecule has 1 saturated heterocycles. The first-order chi connectivity index (χ1) is 28.1. The summed E-state index contributed by atoms with van der Waals surface area (Å²) in [6.07, 6.45) is 35.0. The average Bonchev–Trinajstić information content (AvgIpc) is 3.21. The molecule has 3 amide bonds. The lowest BCUT2D eigenvalue weighted by molar-refractivity contribution is -0.280. The van der Waals surface area contributed by atoms with Crippen molar-refractivity contribution in [1.29, 1.82) is 0 Å². The molecule has 0 bridgehead atoms. The molecule has 1 aliphatic heterocycles. The third kappa shape index (κ3) is 24.9. The molecule has 11 nitrogen and oxygen atoms in total. The first kappa shape index (κ1) is 54.0. The SMILES string of the molecule is CCCCCCCC/C=C\CCCCCCCC(=O)N(CCCCCCCCCCCCCCCCCC)[C@@]1(NC(=O)[C@H](C)NC(=O)CN)C[C@@H](O)[C@H](O)[C@@H](CO)O1. The highest BCUT2D eigenvalue weighted by atomic mass is 16.6. The fraction of sp³-hybridized carbons (Fsp3) is 0.894. The molecule has 340 valence electrons. The van der Waals surface area contributed by atoms with Gasteiger partial charge in [0.05, 0.1) is 19.3 Å². The van der Waals surface area contributed by atoms with Crippen LogP contribution in [-0.2, 0) is 19.1 Å². The third-order valence-electron chi connectivity index (χ3n) is 11.7. The van der Waals surface area contributed by atoms with Crippen molar-refractivity contribution in [3.8, 4) is 0 Å². The van der Waals surface area contributed by atoms with Gasteiger partial charge in [-0.1, -0.05) is 174 Å². The second-order valence-electron chi connectivity index (χ2n) is 17.1. The predicted molar refractivity (Wildman–Crippen MR) is 237 cm³/mol. The van der Waals surface area contributed by atoms with Gasteiger partial charge < -0.3 is 36.4 Å². The summed E-state index contributed by atoms with van der Waals surface area (Å²) in [6.45, 7) is 5.36. The minimum atomic E-state index is -1.82. The summed E-state index contributed by atoms with van der Waals surface area (Å²) in [7, 11) is 0. The smallest absolute Gasteiger partial charge is 0.245 e. The van der Waals surface area contributed by atoms with E-state index in [1.165, 1.54) is 127 Å². The highest BCUT2D eigenvalue weighted by Gasteiger charge is 2.52. The molecule has 0 radical (unpaired) electrons. The molecule has 58 heavy (non-hydrogen) atoms. The van der Waals surface area contributed by atoms with Gasteiger partial charge in [0.1, 0.15) is 18.2 Å². The number of aliphatic hydroxyl groups is 3. The molecule has 0 saturated carbocycles. The topological polar surface area (TPSA) is 174 Å². The largest absolute Gasteiger partial charge is 0.394 e. The quantitative estimate of drug-likeness (QED) is 0.0204. The van der Waals surface area contributed by atoms with Crippen LogP contribution >= 0.6 is 0 Å². The normalized spacial score (nSPS) is 20.0. The van der Waals surface area contributed by atoms with Crippen LogP contribution in [0.4, 0.5) is 0 Å². The third-order valence-corrected chi connectivity index (χ3v) is 11.7. The van der Waals surface area contributed by atoms with Crippen molar-refractivity contribution in [1.82, 2.24) is 15.5 Å². The predicted octanol–water partition coefficient (Wildman–Crippen LogP) is 8.85. The number of nitrogens with zero attached hydrogens (tertiary/aromatic N) is 1. The average molecular weight is 823 g/mol. The molecule has 5 atom stereocenters.